The first-order valence-electron chi connectivity index (χ1n) is 9.70. The molecule has 0 saturated carbocycles. The number of nitrogens with one attached hydrogen (secondary N) is 1. The number of amides is 1. The average Bonchev–Trinajstić information content (AvgIpc) is 3.12. The summed E-state index contributed by atoms with van der Waals surface area (Å²) in [5, 5.41) is 2.68. The predicted molar refractivity (Wildman–Crippen MR) is 111 cm³/mol. The molecule has 5 nitrogen and oxygen atoms in total. The van der Waals surface area contributed by atoms with Gasteiger partial charge in [0.25, 0.3) is 5.91 Å². The molecule has 0 saturated heterocycles. The lowest BCUT2D eigenvalue weighted by molar-refractivity contribution is 0.0950. The summed E-state index contributed by atoms with van der Waals surface area (Å²) in [6.07, 6.45) is 2.65. The lowest BCUT2D eigenvalue weighted by atomic mass is 10.1. The molecular weight excluding hydrogens is 386 g/mol. The first kappa shape index (κ1) is 19.7. The molecule has 4 aromatic rings. The van der Waals surface area contributed by atoms with Crippen LogP contribution < -0.4 is 5.32 Å². The maximum atomic E-state index is 13.8. The van der Waals surface area contributed by atoms with Crippen LogP contribution in [0.5, 0.6) is 0 Å². The van der Waals surface area contributed by atoms with Gasteiger partial charge in [-0.25, -0.2) is 18.7 Å². The van der Waals surface area contributed by atoms with E-state index in [4.69, 9.17) is 4.98 Å². The number of hydrogen-bond donors (Lipinski definition) is 1. The smallest absolute Gasteiger partial charge is 0.251 e. The minimum atomic E-state index is -0.690. The van der Waals surface area contributed by atoms with Gasteiger partial charge in [0.15, 0.2) is 5.65 Å². The van der Waals surface area contributed by atoms with Crippen molar-refractivity contribution in [1.82, 2.24) is 19.9 Å². The Hall–Kier alpha value is -3.61. The van der Waals surface area contributed by atoms with Crippen molar-refractivity contribution >= 4 is 17.1 Å². The number of aryl methyl sites for hydroxylation is 1. The molecule has 0 spiro atoms. The van der Waals surface area contributed by atoms with Crippen LogP contribution in [0.2, 0.25) is 0 Å². The summed E-state index contributed by atoms with van der Waals surface area (Å²) in [5.41, 5.74) is 3.04. The monoisotopic (exact) mass is 406 g/mol. The zero-order chi connectivity index (χ0) is 21.1. The van der Waals surface area contributed by atoms with E-state index in [-0.39, 0.29) is 18.0 Å². The number of carbonyl (C=O) groups is 1. The van der Waals surface area contributed by atoms with Crippen molar-refractivity contribution in [2.24, 2.45) is 0 Å². The second-order valence-corrected chi connectivity index (χ2v) is 6.93. The van der Waals surface area contributed by atoms with Crippen molar-refractivity contribution in [2.45, 2.75) is 26.4 Å². The average molecular weight is 406 g/mol. The minimum absolute atomic E-state index is 0.0343. The van der Waals surface area contributed by atoms with Gasteiger partial charge >= 0.3 is 0 Å². The molecule has 1 N–H and O–H groups in total. The number of nitrogens with zero attached hydrogens (tertiary/aromatic N) is 3. The van der Waals surface area contributed by atoms with Gasteiger partial charge in [0.1, 0.15) is 23.0 Å². The number of rotatable bonds is 6. The Kier molecular flexibility index (Phi) is 5.52. The second kappa shape index (κ2) is 8.41. The first-order chi connectivity index (χ1) is 14.6. The number of aromatic nitrogens is 3. The topological polar surface area (TPSA) is 59.8 Å². The van der Waals surface area contributed by atoms with Gasteiger partial charge in [-0.3, -0.25) is 4.79 Å². The van der Waals surface area contributed by atoms with Crippen LogP contribution in [0.15, 0.2) is 60.8 Å². The highest BCUT2D eigenvalue weighted by Crippen LogP contribution is 2.25. The molecule has 7 heteroatoms. The lowest BCUT2D eigenvalue weighted by Crippen LogP contribution is -2.23. The van der Waals surface area contributed by atoms with Crippen LogP contribution in [0.25, 0.3) is 22.6 Å². The maximum absolute atomic E-state index is 13.8. The Morgan fingerprint density at radius 2 is 1.97 bits per heavy atom. The molecule has 152 valence electrons. The van der Waals surface area contributed by atoms with E-state index < -0.39 is 11.6 Å². The molecule has 0 unspecified atom stereocenters. The molecule has 0 aliphatic rings. The Morgan fingerprint density at radius 3 is 2.77 bits per heavy atom. The van der Waals surface area contributed by atoms with E-state index in [1.54, 1.807) is 24.4 Å². The third-order valence-electron chi connectivity index (χ3n) is 4.79. The summed E-state index contributed by atoms with van der Waals surface area (Å²) < 4.78 is 28.9. The van der Waals surface area contributed by atoms with Gasteiger partial charge in [-0.15, -0.1) is 0 Å². The third kappa shape index (κ3) is 3.91. The van der Waals surface area contributed by atoms with Crippen LogP contribution in [-0.4, -0.2) is 20.4 Å². The molecule has 0 bridgehead atoms. The van der Waals surface area contributed by atoms with Crippen molar-refractivity contribution in [2.75, 3.05) is 0 Å². The Morgan fingerprint density at radius 1 is 1.10 bits per heavy atom. The molecule has 0 atom stereocenters. The zero-order valence-corrected chi connectivity index (χ0v) is 16.4. The predicted octanol–water partition coefficient (Wildman–Crippen LogP) is 4.72. The Balaban J connectivity index is 1.60. The molecule has 0 aliphatic carbocycles. The Labute approximate surface area is 172 Å². The molecule has 30 heavy (non-hydrogen) atoms. The molecule has 0 aliphatic heterocycles. The highest BCUT2D eigenvalue weighted by molar-refractivity contribution is 5.95. The fraction of sp³-hybridized carbons (Fsp3) is 0.174. The molecule has 4 rings (SSSR count). The van der Waals surface area contributed by atoms with E-state index in [0.29, 0.717) is 5.56 Å². The van der Waals surface area contributed by atoms with Crippen LogP contribution >= 0.6 is 0 Å². The number of hydrogen-bond acceptors (Lipinski definition) is 3. The summed E-state index contributed by atoms with van der Waals surface area (Å²) in [6, 6.07) is 14.1. The molecule has 1 amide bonds. The highest BCUT2D eigenvalue weighted by Gasteiger charge is 2.15. The standard InChI is InChI=1S/C23H20F2N4O/c1-2-11-29-21(28-20-7-4-10-26-22(20)29)15-5-3-6-16(12-15)23(30)27-14-17-8-9-18(24)13-19(17)25/h3-10,12-13H,2,11,14H2,1H3,(H,27,30). The van der Waals surface area contributed by atoms with Crippen molar-refractivity contribution in [3.05, 3.63) is 83.6 Å². The number of carbonyl (C=O) groups excluding carboxylic acids is 1. The van der Waals surface area contributed by atoms with E-state index in [2.05, 4.69) is 17.2 Å². The number of benzene rings is 2. The van der Waals surface area contributed by atoms with E-state index in [1.165, 1.54) is 6.07 Å². The van der Waals surface area contributed by atoms with Crippen LogP contribution in [-0.2, 0) is 13.1 Å². The van der Waals surface area contributed by atoms with E-state index in [9.17, 15) is 13.6 Å². The van der Waals surface area contributed by atoms with Crippen molar-refractivity contribution in [1.29, 1.82) is 0 Å². The summed E-state index contributed by atoms with van der Waals surface area (Å²) in [4.78, 5) is 21.8. The van der Waals surface area contributed by atoms with Crippen molar-refractivity contribution < 1.29 is 13.6 Å². The summed E-state index contributed by atoms with van der Waals surface area (Å²) >= 11 is 0. The molecule has 2 heterocycles. The first-order valence-corrected chi connectivity index (χ1v) is 9.70. The number of pyridine rings is 1. The van der Waals surface area contributed by atoms with Crippen LogP contribution in [0, 0.1) is 11.6 Å². The molecule has 2 aromatic heterocycles. The quantitative estimate of drug-likeness (QED) is 0.504. The van der Waals surface area contributed by atoms with Crippen molar-refractivity contribution in [3.63, 3.8) is 0 Å². The van der Waals surface area contributed by atoms with Gasteiger partial charge in [0.2, 0.25) is 0 Å². The maximum Gasteiger partial charge on any atom is 0.251 e. The summed E-state index contributed by atoms with van der Waals surface area (Å²) in [6.45, 7) is 2.80. The molecule has 0 radical (unpaired) electrons. The lowest BCUT2D eigenvalue weighted by Gasteiger charge is -2.10. The zero-order valence-electron chi connectivity index (χ0n) is 16.4. The number of fused-ring (bicyclic) bond motifs is 1. The van der Waals surface area contributed by atoms with E-state index in [0.717, 1.165) is 47.7 Å². The summed E-state index contributed by atoms with van der Waals surface area (Å²) in [7, 11) is 0. The van der Waals surface area contributed by atoms with Crippen LogP contribution in [0.3, 0.4) is 0 Å². The fourth-order valence-corrected chi connectivity index (χ4v) is 3.36. The highest BCUT2D eigenvalue weighted by atomic mass is 19.1. The van der Waals surface area contributed by atoms with Gasteiger partial charge in [0.05, 0.1) is 0 Å². The largest absolute Gasteiger partial charge is 0.348 e. The third-order valence-corrected chi connectivity index (χ3v) is 4.79. The molecular formula is C23H20F2N4O. The van der Waals surface area contributed by atoms with E-state index >= 15 is 0 Å². The number of halogens is 2. The van der Waals surface area contributed by atoms with Gasteiger partial charge in [-0.2, -0.15) is 0 Å². The van der Waals surface area contributed by atoms with Gasteiger partial charge in [-0.1, -0.05) is 25.1 Å². The number of imidazole rings is 1. The van der Waals surface area contributed by atoms with Gasteiger partial charge in [-0.05, 0) is 36.8 Å². The van der Waals surface area contributed by atoms with E-state index in [1.807, 2.05) is 22.8 Å². The van der Waals surface area contributed by atoms with Gasteiger partial charge in [0, 0.05) is 42.0 Å². The van der Waals surface area contributed by atoms with Crippen molar-refractivity contribution in [3.8, 4) is 11.4 Å². The van der Waals surface area contributed by atoms with Gasteiger partial charge < -0.3 is 9.88 Å². The normalized spacial score (nSPS) is 11.0. The second-order valence-electron chi connectivity index (χ2n) is 6.93. The minimum Gasteiger partial charge on any atom is -0.348 e. The molecule has 2 aromatic carbocycles. The molecule has 0 fully saturated rings. The summed E-state index contributed by atoms with van der Waals surface area (Å²) in [5.74, 6) is -0.953. The fourth-order valence-electron chi connectivity index (χ4n) is 3.36. The van der Waals surface area contributed by atoms with Crippen LogP contribution in [0.4, 0.5) is 8.78 Å². The Bertz CT molecular complexity index is 1220. The SMILES string of the molecule is CCCn1c(-c2cccc(C(=O)NCc3ccc(F)cc3F)c2)nc2cccnc21. The van der Waals surface area contributed by atoms with Crippen LogP contribution in [0.1, 0.15) is 29.3 Å².